The summed E-state index contributed by atoms with van der Waals surface area (Å²) in [7, 11) is 1.43. The van der Waals surface area contributed by atoms with Crippen LogP contribution in [0.15, 0.2) is 6.07 Å². The summed E-state index contributed by atoms with van der Waals surface area (Å²) in [6.07, 6.45) is 0. The Bertz CT molecular complexity index is 682. The van der Waals surface area contributed by atoms with E-state index in [0.717, 1.165) is 0 Å². The molecular formula is C11H6BrCl2IN2O2. The van der Waals surface area contributed by atoms with Crippen LogP contribution in [0.1, 0.15) is 16.1 Å². The predicted octanol–water partition coefficient (Wildman–Crippen LogP) is 4.42. The number of rotatable bonds is 3. The molecule has 0 aliphatic rings. The van der Waals surface area contributed by atoms with Crippen LogP contribution < -0.4 is 4.74 Å². The SMILES string of the molecule is COc1nc2cc(Cl)c(Cl)c(CBr)c2nc1C(=O)I. The fourth-order valence-corrected chi connectivity index (χ4v) is 3.07. The number of hydrogen-bond donors (Lipinski definition) is 0. The Morgan fingerprint density at radius 3 is 2.68 bits per heavy atom. The van der Waals surface area contributed by atoms with Crippen LogP contribution in [-0.2, 0) is 5.33 Å². The van der Waals surface area contributed by atoms with Gasteiger partial charge in [-0.1, -0.05) is 39.1 Å². The van der Waals surface area contributed by atoms with E-state index in [-0.39, 0.29) is 15.4 Å². The van der Waals surface area contributed by atoms with Crippen molar-refractivity contribution in [3.63, 3.8) is 0 Å². The van der Waals surface area contributed by atoms with Crippen molar-refractivity contribution in [1.82, 2.24) is 9.97 Å². The maximum atomic E-state index is 11.6. The van der Waals surface area contributed by atoms with Gasteiger partial charge in [-0.05, 0) is 6.07 Å². The van der Waals surface area contributed by atoms with E-state index < -0.39 is 0 Å². The Hall–Kier alpha value is -0.180. The highest BCUT2D eigenvalue weighted by atomic mass is 127. The number of carbonyl (C=O) groups excluding carboxylic acids is 1. The Morgan fingerprint density at radius 1 is 1.47 bits per heavy atom. The van der Waals surface area contributed by atoms with Gasteiger partial charge < -0.3 is 4.74 Å². The van der Waals surface area contributed by atoms with Crippen molar-refractivity contribution < 1.29 is 9.53 Å². The Labute approximate surface area is 141 Å². The third-order valence-electron chi connectivity index (χ3n) is 2.43. The highest BCUT2D eigenvalue weighted by Crippen LogP contribution is 2.34. The molecule has 0 fully saturated rings. The number of nitrogens with zero attached hydrogens (tertiary/aromatic N) is 2. The van der Waals surface area contributed by atoms with E-state index >= 15 is 0 Å². The molecule has 0 spiro atoms. The smallest absolute Gasteiger partial charge is 0.246 e. The van der Waals surface area contributed by atoms with Gasteiger partial charge in [0.15, 0.2) is 5.69 Å². The second kappa shape index (κ2) is 6.07. The fraction of sp³-hybridized carbons (Fsp3) is 0.182. The van der Waals surface area contributed by atoms with Crippen LogP contribution in [-0.4, -0.2) is 20.9 Å². The third kappa shape index (κ3) is 2.81. The lowest BCUT2D eigenvalue weighted by atomic mass is 10.2. The molecular weight excluding hydrogens is 470 g/mol. The summed E-state index contributed by atoms with van der Waals surface area (Å²) in [4.78, 5) is 20.1. The molecule has 4 nitrogen and oxygen atoms in total. The average Bonchev–Trinajstić information content (AvgIpc) is 2.38. The second-order valence-corrected chi connectivity index (χ2v) is 5.83. The van der Waals surface area contributed by atoms with E-state index in [0.29, 0.717) is 32.0 Å². The fourth-order valence-electron chi connectivity index (χ4n) is 1.58. The monoisotopic (exact) mass is 474 g/mol. The zero-order valence-electron chi connectivity index (χ0n) is 9.51. The van der Waals surface area contributed by atoms with Crippen molar-refractivity contribution in [3.8, 4) is 5.88 Å². The molecule has 19 heavy (non-hydrogen) atoms. The quantitative estimate of drug-likeness (QED) is 0.375. The lowest BCUT2D eigenvalue weighted by Crippen LogP contribution is -2.04. The van der Waals surface area contributed by atoms with Crippen molar-refractivity contribution in [3.05, 3.63) is 27.4 Å². The standard InChI is InChI=1S/C11H6BrCl2IN2O2/c1-19-11-9(10(15)18)17-8-4(3-12)7(14)5(13)2-6(8)16-11/h2H,3H2,1H3. The van der Waals surface area contributed by atoms with E-state index in [2.05, 4.69) is 25.9 Å². The van der Waals surface area contributed by atoms with Crippen LogP contribution in [0.4, 0.5) is 0 Å². The van der Waals surface area contributed by atoms with Gasteiger partial charge in [-0.3, -0.25) is 4.79 Å². The Kier molecular flexibility index (Phi) is 4.86. The van der Waals surface area contributed by atoms with E-state index in [4.69, 9.17) is 27.9 Å². The number of benzene rings is 1. The molecule has 0 N–H and O–H groups in total. The first-order chi connectivity index (χ1) is 8.99. The molecule has 0 aliphatic carbocycles. The maximum Gasteiger partial charge on any atom is 0.246 e. The van der Waals surface area contributed by atoms with Crippen molar-refractivity contribution in [2.75, 3.05) is 7.11 Å². The second-order valence-electron chi connectivity index (χ2n) is 3.51. The summed E-state index contributed by atoms with van der Waals surface area (Å²) < 4.78 is 4.82. The van der Waals surface area contributed by atoms with Crippen molar-refractivity contribution in [2.45, 2.75) is 5.33 Å². The summed E-state index contributed by atoms with van der Waals surface area (Å²) in [5, 5.41) is 1.24. The summed E-state index contributed by atoms with van der Waals surface area (Å²) in [6.45, 7) is 0. The molecule has 0 unspecified atom stereocenters. The van der Waals surface area contributed by atoms with Crippen molar-refractivity contribution in [1.29, 1.82) is 0 Å². The number of fused-ring (bicyclic) bond motifs is 1. The molecule has 0 radical (unpaired) electrons. The normalized spacial score (nSPS) is 10.8. The van der Waals surface area contributed by atoms with Gasteiger partial charge in [0.25, 0.3) is 0 Å². The first-order valence-corrected chi connectivity index (χ1v) is 7.93. The van der Waals surface area contributed by atoms with Crippen molar-refractivity contribution >= 4 is 76.5 Å². The van der Waals surface area contributed by atoms with Gasteiger partial charge in [0.2, 0.25) is 9.67 Å². The third-order valence-corrected chi connectivity index (χ3v) is 4.33. The van der Waals surface area contributed by atoms with Crippen LogP contribution >= 0.6 is 61.7 Å². The molecule has 2 aromatic rings. The molecule has 0 aliphatic heterocycles. The average molecular weight is 476 g/mol. The number of halogens is 4. The highest BCUT2D eigenvalue weighted by Gasteiger charge is 2.19. The van der Waals surface area contributed by atoms with E-state index in [1.165, 1.54) is 7.11 Å². The molecule has 2 rings (SSSR count). The van der Waals surface area contributed by atoms with Crippen LogP contribution in [0.2, 0.25) is 10.0 Å². The van der Waals surface area contributed by atoms with Crippen LogP contribution in [0, 0.1) is 0 Å². The summed E-state index contributed by atoms with van der Waals surface area (Å²) in [5.74, 6) is 0.172. The largest absolute Gasteiger partial charge is 0.479 e. The molecule has 1 heterocycles. The van der Waals surface area contributed by atoms with Crippen LogP contribution in [0.3, 0.4) is 0 Å². The molecule has 0 saturated heterocycles. The van der Waals surface area contributed by atoms with E-state index in [9.17, 15) is 4.79 Å². The highest BCUT2D eigenvalue weighted by molar-refractivity contribution is 14.1. The number of ether oxygens (including phenoxy) is 1. The number of hydrogen-bond acceptors (Lipinski definition) is 4. The van der Waals surface area contributed by atoms with Gasteiger partial charge in [-0.2, -0.15) is 0 Å². The topological polar surface area (TPSA) is 52.1 Å². The molecule has 0 bridgehead atoms. The lowest BCUT2D eigenvalue weighted by Gasteiger charge is -2.10. The van der Waals surface area contributed by atoms with Gasteiger partial charge >= 0.3 is 0 Å². The predicted molar refractivity (Wildman–Crippen MR) is 87.1 cm³/mol. The first kappa shape index (κ1) is 15.2. The van der Waals surface area contributed by atoms with Gasteiger partial charge in [0.05, 0.1) is 28.2 Å². The molecule has 0 amide bonds. The molecule has 1 aromatic heterocycles. The summed E-state index contributed by atoms with van der Waals surface area (Å²) >= 11 is 17.1. The summed E-state index contributed by atoms with van der Waals surface area (Å²) in [6, 6.07) is 1.60. The molecule has 8 heteroatoms. The first-order valence-electron chi connectivity index (χ1n) is 4.98. The molecule has 0 saturated carbocycles. The zero-order valence-corrected chi connectivity index (χ0v) is 14.8. The molecule has 100 valence electrons. The van der Waals surface area contributed by atoms with Gasteiger partial charge in [0.1, 0.15) is 0 Å². The van der Waals surface area contributed by atoms with Crippen LogP contribution in [0.25, 0.3) is 11.0 Å². The summed E-state index contributed by atoms with van der Waals surface area (Å²) in [5.41, 5.74) is 1.92. The lowest BCUT2D eigenvalue weighted by molar-refractivity contribution is 0.109. The zero-order chi connectivity index (χ0) is 14.2. The van der Waals surface area contributed by atoms with Gasteiger partial charge in [0, 0.05) is 33.5 Å². The minimum Gasteiger partial charge on any atom is -0.479 e. The number of methoxy groups -OCH3 is 1. The maximum absolute atomic E-state index is 11.6. The number of alkyl halides is 1. The molecule has 0 atom stereocenters. The molecule has 1 aromatic carbocycles. The van der Waals surface area contributed by atoms with E-state index in [1.807, 2.05) is 0 Å². The Morgan fingerprint density at radius 2 is 2.16 bits per heavy atom. The minimum atomic E-state index is -0.254. The van der Waals surface area contributed by atoms with Crippen LogP contribution in [0.5, 0.6) is 5.88 Å². The number of carbonyl (C=O) groups is 1. The minimum absolute atomic E-state index is 0.163. The number of aromatic nitrogens is 2. The van der Waals surface area contributed by atoms with Gasteiger partial charge in [-0.15, -0.1) is 0 Å². The van der Waals surface area contributed by atoms with E-state index in [1.54, 1.807) is 28.7 Å². The van der Waals surface area contributed by atoms with Gasteiger partial charge in [-0.25, -0.2) is 9.97 Å². The van der Waals surface area contributed by atoms with Crippen molar-refractivity contribution in [2.24, 2.45) is 0 Å². The Balaban J connectivity index is 2.89.